The van der Waals surface area contributed by atoms with Crippen molar-refractivity contribution in [2.75, 3.05) is 0 Å². The van der Waals surface area contributed by atoms with Gasteiger partial charge in [-0.05, 0) is 66.8 Å². The van der Waals surface area contributed by atoms with Crippen molar-refractivity contribution in [1.29, 1.82) is 0 Å². The molecule has 2 heteroatoms. The first-order valence-electron chi connectivity index (χ1n) is 7.69. The van der Waals surface area contributed by atoms with E-state index in [4.69, 9.17) is 0 Å². The molecule has 0 aliphatic carbocycles. The second-order valence-electron chi connectivity index (χ2n) is 5.82. The van der Waals surface area contributed by atoms with Gasteiger partial charge < -0.3 is 5.11 Å². The molecule has 0 atom stereocenters. The topological polar surface area (TPSA) is 20.2 Å². The van der Waals surface area contributed by atoms with Gasteiger partial charge in [0.15, 0.2) is 0 Å². The minimum atomic E-state index is 0.390. The van der Waals surface area contributed by atoms with E-state index in [2.05, 4.69) is 55.5 Å². The smallest absolute Gasteiger partial charge is 0.121 e. The lowest BCUT2D eigenvalue weighted by molar-refractivity contribution is 0.466. The van der Waals surface area contributed by atoms with E-state index in [9.17, 15) is 5.11 Å². The summed E-state index contributed by atoms with van der Waals surface area (Å²) in [5.41, 5.74) is 5.63. The molecule has 0 fully saturated rings. The van der Waals surface area contributed by atoms with Crippen LogP contribution in [-0.2, 0) is 0 Å². The third-order valence-corrected chi connectivity index (χ3v) is 5.06. The van der Waals surface area contributed by atoms with E-state index < -0.39 is 0 Å². The molecule has 3 aromatic carbocycles. The van der Waals surface area contributed by atoms with Crippen LogP contribution in [0.15, 0.2) is 70.5 Å². The van der Waals surface area contributed by atoms with Gasteiger partial charge in [0.1, 0.15) is 5.75 Å². The van der Waals surface area contributed by atoms with Gasteiger partial charge in [-0.15, -0.1) is 0 Å². The Kier molecular flexibility index (Phi) is 4.44. The fourth-order valence-electron chi connectivity index (χ4n) is 2.76. The lowest BCUT2D eigenvalue weighted by Gasteiger charge is -2.13. The molecule has 1 N–H and O–H groups in total. The van der Waals surface area contributed by atoms with Gasteiger partial charge in [-0.25, -0.2) is 0 Å². The van der Waals surface area contributed by atoms with Gasteiger partial charge >= 0.3 is 0 Å². The largest absolute Gasteiger partial charge is 0.507 e. The Hall–Kier alpha value is -2.19. The number of phenols is 1. The number of benzene rings is 3. The van der Waals surface area contributed by atoms with Gasteiger partial charge in [0.05, 0.1) is 0 Å². The summed E-state index contributed by atoms with van der Waals surface area (Å²) >= 11 is 1.74. The average molecular weight is 320 g/mol. The van der Waals surface area contributed by atoms with E-state index in [0.29, 0.717) is 5.75 Å². The average Bonchev–Trinajstić information content (AvgIpc) is 2.54. The molecule has 0 radical (unpaired) electrons. The first-order chi connectivity index (χ1) is 11.1. The lowest BCUT2D eigenvalue weighted by atomic mass is 10.0. The monoisotopic (exact) mass is 320 g/mol. The van der Waals surface area contributed by atoms with Crippen LogP contribution in [0.1, 0.15) is 16.7 Å². The predicted octanol–water partition coefficient (Wildman–Crippen LogP) is 6.14. The first-order valence-corrected chi connectivity index (χ1v) is 8.51. The van der Waals surface area contributed by atoms with Crippen LogP contribution in [0.3, 0.4) is 0 Å². The van der Waals surface area contributed by atoms with Crippen molar-refractivity contribution in [3.8, 4) is 16.9 Å². The van der Waals surface area contributed by atoms with E-state index in [1.54, 1.807) is 11.8 Å². The Morgan fingerprint density at radius 2 is 1.26 bits per heavy atom. The van der Waals surface area contributed by atoms with E-state index in [1.165, 1.54) is 21.6 Å². The van der Waals surface area contributed by atoms with Crippen LogP contribution < -0.4 is 0 Å². The minimum absolute atomic E-state index is 0.390. The van der Waals surface area contributed by atoms with Crippen molar-refractivity contribution in [2.45, 2.75) is 30.6 Å². The highest BCUT2D eigenvalue weighted by Gasteiger charge is 2.10. The number of hydrogen-bond donors (Lipinski definition) is 1. The predicted molar refractivity (Wildman–Crippen MR) is 98.3 cm³/mol. The summed E-state index contributed by atoms with van der Waals surface area (Å²) in [7, 11) is 0. The summed E-state index contributed by atoms with van der Waals surface area (Å²) in [6, 6.07) is 21.0. The third kappa shape index (κ3) is 3.27. The molecular formula is C21H20OS. The molecule has 0 saturated heterocycles. The highest BCUT2D eigenvalue weighted by molar-refractivity contribution is 7.99. The molecule has 0 aliphatic rings. The summed E-state index contributed by atoms with van der Waals surface area (Å²) in [6.45, 7) is 6.03. The number of rotatable bonds is 3. The summed E-state index contributed by atoms with van der Waals surface area (Å²) in [5.74, 6) is 0.390. The fraction of sp³-hybridized carbons (Fsp3) is 0.143. The van der Waals surface area contributed by atoms with Gasteiger partial charge in [-0.1, -0.05) is 54.2 Å². The zero-order valence-electron chi connectivity index (χ0n) is 13.6. The molecule has 3 aromatic rings. The summed E-state index contributed by atoms with van der Waals surface area (Å²) in [4.78, 5) is 2.38. The summed E-state index contributed by atoms with van der Waals surface area (Å²) < 4.78 is 0. The molecule has 1 nitrogen and oxygen atoms in total. The third-order valence-electron chi connectivity index (χ3n) is 4.01. The van der Waals surface area contributed by atoms with E-state index in [1.807, 2.05) is 26.0 Å². The Bertz CT molecular complexity index is 829. The number of hydrogen-bond acceptors (Lipinski definition) is 2. The van der Waals surface area contributed by atoms with Gasteiger partial charge in [0.25, 0.3) is 0 Å². The molecular weight excluding hydrogens is 300 g/mol. The molecule has 0 amide bonds. The molecule has 0 spiro atoms. The lowest BCUT2D eigenvalue weighted by Crippen LogP contribution is -1.87. The highest BCUT2D eigenvalue weighted by Crippen LogP contribution is 2.39. The zero-order chi connectivity index (χ0) is 16.4. The molecule has 3 rings (SSSR count). The maximum absolute atomic E-state index is 9.96. The zero-order valence-corrected chi connectivity index (χ0v) is 14.4. The minimum Gasteiger partial charge on any atom is -0.507 e. The number of phenolic OH excluding ortho intramolecular Hbond substituents is 1. The van der Waals surface area contributed by atoms with E-state index >= 15 is 0 Å². The standard InChI is InChI=1S/C21H20OS/c1-14-8-4-5-9-18(14)19-10-6-7-11-20(19)23-17-12-15(2)21(22)16(3)13-17/h4-13,22H,1-3H3. The van der Waals surface area contributed by atoms with E-state index in [0.717, 1.165) is 16.0 Å². The Morgan fingerprint density at radius 1 is 0.696 bits per heavy atom. The van der Waals surface area contributed by atoms with Gasteiger partial charge in [-0.3, -0.25) is 0 Å². The molecule has 0 bridgehead atoms. The van der Waals surface area contributed by atoms with Gasteiger partial charge in [-0.2, -0.15) is 0 Å². The van der Waals surface area contributed by atoms with Crippen molar-refractivity contribution in [3.63, 3.8) is 0 Å². The Balaban J connectivity index is 2.04. The van der Waals surface area contributed by atoms with Crippen molar-refractivity contribution < 1.29 is 5.11 Å². The quantitative estimate of drug-likeness (QED) is 0.626. The molecule has 0 saturated carbocycles. The molecule has 0 unspecified atom stereocenters. The summed E-state index contributed by atoms with van der Waals surface area (Å²) in [5, 5.41) is 9.96. The Labute approximate surface area is 142 Å². The van der Waals surface area contributed by atoms with Crippen LogP contribution in [-0.4, -0.2) is 5.11 Å². The number of aryl methyl sites for hydroxylation is 3. The van der Waals surface area contributed by atoms with Crippen LogP contribution in [0.5, 0.6) is 5.75 Å². The fourth-order valence-corrected chi connectivity index (χ4v) is 3.92. The van der Waals surface area contributed by atoms with Crippen molar-refractivity contribution in [1.82, 2.24) is 0 Å². The second kappa shape index (κ2) is 6.51. The van der Waals surface area contributed by atoms with E-state index in [-0.39, 0.29) is 0 Å². The molecule has 23 heavy (non-hydrogen) atoms. The Morgan fingerprint density at radius 3 is 1.91 bits per heavy atom. The molecule has 116 valence electrons. The molecule has 0 aromatic heterocycles. The normalized spacial score (nSPS) is 10.7. The maximum Gasteiger partial charge on any atom is 0.121 e. The maximum atomic E-state index is 9.96. The van der Waals surface area contributed by atoms with Crippen LogP contribution >= 0.6 is 11.8 Å². The van der Waals surface area contributed by atoms with Crippen molar-refractivity contribution >= 4 is 11.8 Å². The van der Waals surface area contributed by atoms with Crippen LogP contribution in [0.2, 0.25) is 0 Å². The van der Waals surface area contributed by atoms with Crippen LogP contribution in [0, 0.1) is 20.8 Å². The van der Waals surface area contributed by atoms with Crippen LogP contribution in [0.25, 0.3) is 11.1 Å². The SMILES string of the molecule is Cc1ccccc1-c1ccccc1Sc1cc(C)c(O)c(C)c1. The first kappa shape index (κ1) is 15.7. The van der Waals surface area contributed by atoms with Gasteiger partial charge in [0, 0.05) is 9.79 Å². The van der Waals surface area contributed by atoms with Crippen molar-refractivity contribution in [3.05, 3.63) is 77.4 Å². The van der Waals surface area contributed by atoms with Crippen LogP contribution in [0.4, 0.5) is 0 Å². The summed E-state index contributed by atoms with van der Waals surface area (Å²) in [6.07, 6.45) is 0. The molecule has 0 heterocycles. The second-order valence-corrected chi connectivity index (χ2v) is 6.93. The van der Waals surface area contributed by atoms with Gasteiger partial charge in [0.2, 0.25) is 0 Å². The highest BCUT2D eigenvalue weighted by atomic mass is 32.2. The number of aromatic hydroxyl groups is 1. The van der Waals surface area contributed by atoms with Crippen molar-refractivity contribution in [2.24, 2.45) is 0 Å². The molecule has 0 aliphatic heterocycles.